The second-order valence-electron chi connectivity index (χ2n) is 7.80. The number of amides is 1. The smallest absolute Gasteiger partial charge is 0.358 e. The molecule has 4 heterocycles. The van der Waals surface area contributed by atoms with Gasteiger partial charge in [-0.15, -0.1) is 0 Å². The first-order valence-electron chi connectivity index (χ1n) is 9.81. The van der Waals surface area contributed by atoms with Crippen LogP contribution in [0.4, 0.5) is 0 Å². The molecule has 1 amide bonds. The average Bonchev–Trinajstić information content (AvgIpc) is 2.96. The minimum absolute atomic E-state index is 0.218. The lowest BCUT2D eigenvalue weighted by molar-refractivity contribution is -0.117. The summed E-state index contributed by atoms with van der Waals surface area (Å²) in [5.74, 6) is -0.579. The van der Waals surface area contributed by atoms with E-state index < -0.39 is 5.60 Å². The number of fused-ring (bicyclic) bond motifs is 3. The molecule has 0 bridgehead atoms. The van der Waals surface area contributed by atoms with Gasteiger partial charge in [-0.2, -0.15) is 4.99 Å². The third-order valence-corrected chi connectivity index (χ3v) is 5.88. The fraction of sp³-hybridized carbons (Fsp3) is 0.364. The van der Waals surface area contributed by atoms with Crippen molar-refractivity contribution in [2.24, 2.45) is 4.99 Å². The number of rotatable bonds is 0. The van der Waals surface area contributed by atoms with E-state index in [9.17, 15) is 9.59 Å². The second-order valence-corrected chi connectivity index (χ2v) is 7.80. The Balaban J connectivity index is 1.35. The standard InChI is InChI=1S/C22H21N3O4/c1-14-10-17-19(23-12-14)20(27)29-22(17)6-8-25(9-7-22)21-24-18(26)11-15-4-2-3-5-16(15)13-28-21/h2-5,10,12H,6-9,11,13H2,1H3. The first kappa shape index (κ1) is 17.8. The normalized spacial score (nSPS) is 20.2. The highest BCUT2D eigenvalue weighted by molar-refractivity contribution is 5.93. The Morgan fingerprint density at radius 3 is 2.66 bits per heavy atom. The van der Waals surface area contributed by atoms with Gasteiger partial charge in [0.1, 0.15) is 12.2 Å². The molecule has 7 nitrogen and oxygen atoms in total. The highest BCUT2D eigenvalue weighted by Gasteiger charge is 2.48. The summed E-state index contributed by atoms with van der Waals surface area (Å²) < 4.78 is 11.7. The minimum Gasteiger partial charge on any atom is -0.460 e. The molecule has 1 saturated heterocycles. The number of esters is 1. The van der Waals surface area contributed by atoms with Gasteiger partial charge in [-0.25, -0.2) is 9.78 Å². The molecule has 3 aliphatic heterocycles. The molecule has 1 fully saturated rings. The number of piperidine rings is 1. The third kappa shape index (κ3) is 3.06. The van der Waals surface area contributed by atoms with Gasteiger partial charge in [0.15, 0.2) is 5.69 Å². The third-order valence-electron chi connectivity index (χ3n) is 5.88. The van der Waals surface area contributed by atoms with Gasteiger partial charge in [-0.1, -0.05) is 24.3 Å². The molecule has 0 aliphatic carbocycles. The van der Waals surface area contributed by atoms with Crippen LogP contribution in [0.2, 0.25) is 0 Å². The molecule has 148 valence electrons. The number of hydrogen-bond donors (Lipinski definition) is 0. The van der Waals surface area contributed by atoms with Crippen LogP contribution >= 0.6 is 0 Å². The van der Waals surface area contributed by atoms with Gasteiger partial charge >= 0.3 is 5.97 Å². The molecule has 0 atom stereocenters. The summed E-state index contributed by atoms with van der Waals surface area (Å²) in [6.45, 7) is 3.49. The number of carbonyl (C=O) groups excluding carboxylic acids is 2. The van der Waals surface area contributed by atoms with E-state index in [-0.39, 0.29) is 18.3 Å². The summed E-state index contributed by atoms with van der Waals surface area (Å²) in [6, 6.07) is 10.1. The van der Waals surface area contributed by atoms with Gasteiger partial charge in [-0.3, -0.25) is 4.79 Å². The molecule has 3 aliphatic rings. The number of nitrogens with zero attached hydrogens (tertiary/aromatic N) is 3. The van der Waals surface area contributed by atoms with E-state index >= 15 is 0 Å². The SMILES string of the molecule is Cc1cnc2c(c1)C1(CCN(C3=NC(=O)Cc4ccccc4CO3)CC1)OC2=O. The summed E-state index contributed by atoms with van der Waals surface area (Å²) in [5.41, 5.74) is 3.59. The fourth-order valence-corrected chi connectivity index (χ4v) is 4.31. The van der Waals surface area contributed by atoms with Gasteiger partial charge < -0.3 is 14.4 Å². The predicted octanol–water partition coefficient (Wildman–Crippen LogP) is 2.51. The number of ether oxygens (including phenoxy) is 2. The fourth-order valence-electron chi connectivity index (χ4n) is 4.31. The Bertz CT molecular complexity index is 1040. The van der Waals surface area contributed by atoms with Gasteiger partial charge in [0.2, 0.25) is 0 Å². The topological polar surface area (TPSA) is 81.1 Å². The number of pyridine rings is 1. The van der Waals surface area contributed by atoms with Crippen molar-refractivity contribution in [1.82, 2.24) is 9.88 Å². The van der Waals surface area contributed by atoms with Crippen molar-refractivity contribution in [2.45, 2.75) is 38.4 Å². The lowest BCUT2D eigenvalue weighted by Gasteiger charge is -2.39. The Kier molecular flexibility index (Phi) is 4.12. The van der Waals surface area contributed by atoms with Crippen molar-refractivity contribution in [2.75, 3.05) is 13.1 Å². The van der Waals surface area contributed by atoms with Gasteiger partial charge in [-0.05, 0) is 29.7 Å². The maximum atomic E-state index is 12.4. The Morgan fingerprint density at radius 2 is 1.86 bits per heavy atom. The number of benzene rings is 1. The number of hydrogen-bond acceptors (Lipinski definition) is 6. The number of carbonyl (C=O) groups is 2. The van der Waals surface area contributed by atoms with Crippen molar-refractivity contribution in [1.29, 1.82) is 0 Å². The van der Waals surface area contributed by atoms with E-state index in [1.165, 1.54) is 0 Å². The van der Waals surface area contributed by atoms with Crippen LogP contribution in [-0.2, 0) is 32.9 Å². The van der Waals surface area contributed by atoms with Gasteiger partial charge in [0.25, 0.3) is 11.9 Å². The molecule has 0 N–H and O–H groups in total. The van der Waals surface area contributed by atoms with Crippen LogP contribution in [0.3, 0.4) is 0 Å². The van der Waals surface area contributed by atoms with Crippen LogP contribution in [0.5, 0.6) is 0 Å². The molecule has 0 radical (unpaired) electrons. The number of aromatic nitrogens is 1. The lowest BCUT2D eigenvalue weighted by atomic mass is 9.84. The largest absolute Gasteiger partial charge is 0.460 e. The molecule has 5 rings (SSSR count). The van der Waals surface area contributed by atoms with Crippen LogP contribution in [-0.4, -0.2) is 40.9 Å². The van der Waals surface area contributed by atoms with E-state index in [1.54, 1.807) is 6.20 Å². The Labute approximate surface area is 168 Å². The zero-order chi connectivity index (χ0) is 20.0. The molecular weight excluding hydrogens is 370 g/mol. The molecule has 1 aromatic carbocycles. The van der Waals surface area contributed by atoms with E-state index in [0.29, 0.717) is 44.3 Å². The van der Waals surface area contributed by atoms with Crippen LogP contribution in [0.25, 0.3) is 0 Å². The molecule has 0 unspecified atom stereocenters. The van der Waals surface area contributed by atoms with Crippen LogP contribution in [0.15, 0.2) is 41.5 Å². The van der Waals surface area contributed by atoms with Crippen LogP contribution in [0, 0.1) is 6.92 Å². The number of amidine groups is 1. The number of aliphatic imine (C=N–C) groups is 1. The highest BCUT2D eigenvalue weighted by Crippen LogP contribution is 2.43. The zero-order valence-electron chi connectivity index (χ0n) is 16.2. The quantitative estimate of drug-likeness (QED) is 0.642. The molecular formula is C22H21N3O4. The first-order valence-corrected chi connectivity index (χ1v) is 9.81. The van der Waals surface area contributed by atoms with Crippen molar-refractivity contribution in [3.63, 3.8) is 0 Å². The predicted molar refractivity (Wildman–Crippen MR) is 104 cm³/mol. The average molecular weight is 391 g/mol. The number of likely N-dealkylation sites (tertiary alicyclic amines) is 1. The minimum atomic E-state index is -0.652. The molecule has 1 aromatic heterocycles. The van der Waals surface area contributed by atoms with Crippen molar-refractivity contribution in [3.05, 3.63) is 64.5 Å². The lowest BCUT2D eigenvalue weighted by Crippen LogP contribution is -2.46. The van der Waals surface area contributed by atoms with E-state index in [0.717, 1.165) is 22.3 Å². The highest BCUT2D eigenvalue weighted by atomic mass is 16.6. The number of aryl methyl sites for hydroxylation is 1. The molecule has 0 saturated carbocycles. The van der Waals surface area contributed by atoms with Crippen LogP contribution < -0.4 is 0 Å². The monoisotopic (exact) mass is 391 g/mol. The van der Waals surface area contributed by atoms with E-state index in [1.807, 2.05) is 42.2 Å². The van der Waals surface area contributed by atoms with Crippen molar-refractivity contribution in [3.8, 4) is 0 Å². The Morgan fingerprint density at radius 1 is 1.10 bits per heavy atom. The molecule has 2 aromatic rings. The first-order chi connectivity index (χ1) is 14.0. The maximum absolute atomic E-state index is 12.4. The van der Waals surface area contributed by atoms with Crippen LogP contribution in [0.1, 0.15) is 45.6 Å². The summed E-state index contributed by atoms with van der Waals surface area (Å²) >= 11 is 0. The summed E-state index contributed by atoms with van der Waals surface area (Å²) in [7, 11) is 0. The van der Waals surface area contributed by atoms with E-state index in [2.05, 4.69) is 9.98 Å². The van der Waals surface area contributed by atoms with Gasteiger partial charge in [0, 0.05) is 37.7 Å². The summed E-state index contributed by atoms with van der Waals surface area (Å²) in [4.78, 5) is 35.1. The molecule has 1 spiro atoms. The van der Waals surface area contributed by atoms with Gasteiger partial charge in [0.05, 0.1) is 6.42 Å². The summed E-state index contributed by atoms with van der Waals surface area (Å²) in [6.07, 6.45) is 3.17. The molecule has 29 heavy (non-hydrogen) atoms. The zero-order valence-corrected chi connectivity index (χ0v) is 16.2. The second kappa shape index (κ2) is 6.69. The van der Waals surface area contributed by atoms with Crippen molar-refractivity contribution >= 4 is 17.9 Å². The Hall–Kier alpha value is -3.22. The molecule has 7 heteroatoms. The van der Waals surface area contributed by atoms with Crippen molar-refractivity contribution < 1.29 is 19.1 Å². The maximum Gasteiger partial charge on any atom is 0.358 e. The summed E-state index contributed by atoms with van der Waals surface area (Å²) in [5, 5.41) is 0. The van der Waals surface area contributed by atoms with E-state index in [4.69, 9.17) is 9.47 Å².